The maximum atomic E-state index is 13.3. The number of rotatable bonds is 4. The van der Waals surface area contributed by atoms with Gasteiger partial charge in [-0.25, -0.2) is 4.68 Å². The van der Waals surface area contributed by atoms with Crippen LogP contribution >= 0.6 is 0 Å². The van der Waals surface area contributed by atoms with E-state index >= 15 is 0 Å². The summed E-state index contributed by atoms with van der Waals surface area (Å²) in [5.74, 6) is 0.0357. The zero-order chi connectivity index (χ0) is 21.1. The van der Waals surface area contributed by atoms with E-state index in [1.54, 1.807) is 17.1 Å². The van der Waals surface area contributed by atoms with Gasteiger partial charge in [0, 0.05) is 44.3 Å². The Bertz CT molecular complexity index is 1000. The minimum Gasteiger partial charge on any atom is -0.379 e. The lowest BCUT2D eigenvalue weighted by Crippen LogP contribution is -2.52. The maximum absolute atomic E-state index is 13.3. The van der Waals surface area contributed by atoms with Crippen molar-refractivity contribution >= 4 is 5.91 Å². The van der Waals surface area contributed by atoms with Crippen molar-refractivity contribution in [1.82, 2.24) is 35.0 Å². The number of nitrogens with one attached hydrogen (secondary N) is 1. The molecule has 1 aromatic carbocycles. The molecular formula is C22H27N7O2. The second-order valence-corrected chi connectivity index (χ2v) is 8.56. The Hall–Kier alpha value is -3.04. The van der Waals surface area contributed by atoms with Gasteiger partial charge in [0.05, 0.1) is 42.6 Å². The third-order valence-corrected chi connectivity index (χ3v) is 6.17. The van der Waals surface area contributed by atoms with Gasteiger partial charge in [0.2, 0.25) is 0 Å². The molecule has 2 aliphatic heterocycles. The zero-order valence-electron chi connectivity index (χ0n) is 17.5. The van der Waals surface area contributed by atoms with Crippen molar-refractivity contribution in [2.45, 2.75) is 19.4 Å². The van der Waals surface area contributed by atoms with Crippen LogP contribution in [-0.4, -0.2) is 80.3 Å². The van der Waals surface area contributed by atoms with E-state index < -0.39 is 0 Å². The summed E-state index contributed by atoms with van der Waals surface area (Å²) in [6.07, 6.45) is 7.27. The first kappa shape index (κ1) is 19.9. The highest BCUT2D eigenvalue weighted by Gasteiger charge is 2.40. The van der Waals surface area contributed by atoms with Gasteiger partial charge in [0.25, 0.3) is 5.91 Å². The number of hydrogen-bond acceptors (Lipinski definition) is 6. The minimum absolute atomic E-state index is 0.0357. The van der Waals surface area contributed by atoms with Crippen LogP contribution in [-0.2, 0) is 11.3 Å². The number of amides is 1. The van der Waals surface area contributed by atoms with E-state index in [9.17, 15) is 4.79 Å². The topological polar surface area (TPSA) is 92.2 Å². The monoisotopic (exact) mass is 421 g/mol. The number of piperidine rings is 1. The first-order valence-corrected chi connectivity index (χ1v) is 10.7. The fourth-order valence-electron chi connectivity index (χ4n) is 4.71. The highest BCUT2D eigenvalue weighted by Crippen LogP contribution is 2.34. The number of benzene rings is 1. The number of aromatic nitrogens is 5. The van der Waals surface area contributed by atoms with Crippen molar-refractivity contribution < 1.29 is 9.53 Å². The second-order valence-electron chi connectivity index (χ2n) is 8.56. The van der Waals surface area contributed by atoms with E-state index in [1.165, 1.54) is 0 Å². The maximum Gasteiger partial charge on any atom is 0.257 e. The van der Waals surface area contributed by atoms with Crippen LogP contribution in [0.15, 0.2) is 48.9 Å². The first-order chi connectivity index (χ1) is 15.2. The molecule has 0 unspecified atom stereocenters. The SMILES string of the molecule is O=C(c1cnn(-c2ccccc2)c1)N1CCC[C@@]2(COCCN(Cc3cn[nH]n3)C2)C1. The molecule has 2 fully saturated rings. The van der Waals surface area contributed by atoms with Crippen molar-refractivity contribution in [3.8, 4) is 5.69 Å². The Labute approximate surface area is 181 Å². The largest absolute Gasteiger partial charge is 0.379 e. The third kappa shape index (κ3) is 4.38. The summed E-state index contributed by atoms with van der Waals surface area (Å²) in [6.45, 7) is 5.30. The fraction of sp³-hybridized carbons (Fsp3) is 0.455. The van der Waals surface area contributed by atoms with Crippen molar-refractivity contribution in [1.29, 1.82) is 0 Å². The van der Waals surface area contributed by atoms with Gasteiger partial charge in [-0.2, -0.15) is 20.5 Å². The van der Waals surface area contributed by atoms with Gasteiger partial charge >= 0.3 is 0 Å². The summed E-state index contributed by atoms with van der Waals surface area (Å²) in [7, 11) is 0. The fourth-order valence-corrected chi connectivity index (χ4v) is 4.71. The molecule has 0 saturated carbocycles. The average molecular weight is 422 g/mol. The van der Waals surface area contributed by atoms with Crippen LogP contribution in [0.25, 0.3) is 5.69 Å². The molecule has 0 aliphatic carbocycles. The predicted molar refractivity (Wildman–Crippen MR) is 114 cm³/mol. The number of aromatic amines is 1. The van der Waals surface area contributed by atoms with Crippen LogP contribution in [0.2, 0.25) is 0 Å². The van der Waals surface area contributed by atoms with Crippen molar-refractivity contribution in [2.75, 3.05) is 39.4 Å². The average Bonchev–Trinajstić information content (AvgIpc) is 3.46. The molecule has 31 heavy (non-hydrogen) atoms. The zero-order valence-corrected chi connectivity index (χ0v) is 17.5. The van der Waals surface area contributed by atoms with Gasteiger partial charge in [-0.05, 0) is 25.0 Å². The normalized spacial score (nSPS) is 22.5. The van der Waals surface area contributed by atoms with Crippen LogP contribution in [0.5, 0.6) is 0 Å². The highest BCUT2D eigenvalue weighted by atomic mass is 16.5. The summed E-state index contributed by atoms with van der Waals surface area (Å²) in [5.41, 5.74) is 2.42. The summed E-state index contributed by atoms with van der Waals surface area (Å²) < 4.78 is 7.74. The van der Waals surface area contributed by atoms with Gasteiger partial charge in [-0.1, -0.05) is 18.2 Å². The Kier molecular flexibility index (Phi) is 5.52. The second kappa shape index (κ2) is 8.60. The van der Waals surface area contributed by atoms with E-state index in [4.69, 9.17) is 4.74 Å². The molecule has 162 valence electrons. The lowest BCUT2D eigenvalue weighted by Gasteiger charge is -2.43. The summed E-state index contributed by atoms with van der Waals surface area (Å²) in [5, 5.41) is 15.2. The number of H-pyrrole nitrogens is 1. The molecule has 2 saturated heterocycles. The van der Waals surface area contributed by atoms with E-state index in [2.05, 4.69) is 25.4 Å². The third-order valence-electron chi connectivity index (χ3n) is 6.17. The molecule has 0 radical (unpaired) electrons. The Balaban J connectivity index is 1.30. The Morgan fingerprint density at radius 3 is 2.90 bits per heavy atom. The molecule has 3 aromatic rings. The molecular weight excluding hydrogens is 394 g/mol. The summed E-state index contributed by atoms with van der Waals surface area (Å²) in [6, 6.07) is 9.84. The first-order valence-electron chi connectivity index (χ1n) is 10.7. The Morgan fingerprint density at radius 1 is 1.16 bits per heavy atom. The van der Waals surface area contributed by atoms with Gasteiger partial charge in [0.1, 0.15) is 0 Å². The quantitative estimate of drug-likeness (QED) is 0.690. The van der Waals surface area contributed by atoms with Gasteiger partial charge < -0.3 is 9.64 Å². The molecule has 2 aliphatic rings. The molecule has 4 heterocycles. The van der Waals surface area contributed by atoms with E-state index in [0.717, 1.165) is 50.4 Å². The number of hydrogen-bond donors (Lipinski definition) is 1. The minimum atomic E-state index is -0.0659. The lowest BCUT2D eigenvalue weighted by atomic mass is 9.80. The highest BCUT2D eigenvalue weighted by molar-refractivity contribution is 5.94. The smallest absolute Gasteiger partial charge is 0.257 e. The molecule has 0 bridgehead atoms. The molecule has 2 aromatic heterocycles. The lowest BCUT2D eigenvalue weighted by molar-refractivity contribution is 0.00690. The number of carbonyl (C=O) groups is 1. The van der Waals surface area contributed by atoms with Crippen LogP contribution in [0.1, 0.15) is 28.9 Å². The Morgan fingerprint density at radius 2 is 2.06 bits per heavy atom. The molecule has 1 atom stereocenters. The van der Waals surface area contributed by atoms with Crippen LogP contribution < -0.4 is 0 Å². The molecule has 9 heteroatoms. The van der Waals surface area contributed by atoms with Crippen molar-refractivity contribution in [3.63, 3.8) is 0 Å². The van der Waals surface area contributed by atoms with Gasteiger partial charge in [-0.3, -0.25) is 9.69 Å². The number of nitrogens with zero attached hydrogens (tertiary/aromatic N) is 6. The van der Waals surface area contributed by atoms with E-state index in [-0.39, 0.29) is 11.3 Å². The molecule has 1 N–H and O–H groups in total. The molecule has 1 amide bonds. The van der Waals surface area contributed by atoms with Crippen LogP contribution in [0, 0.1) is 5.41 Å². The summed E-state index contributed by atoms with van der Waals surface area (Å²) in [4.78, 5) is 17.6. The number of ether oxygens (including phenoxy) is 1. The van der Waals surface area contributed by atoms with E-state index in [1.807, 2.05) is 41.4 Å². The van der Waals surface area contributed by atoms with E-state index in [0.29, 0.717) is 25.3 Å². The molecule has 5 rings (SSSR count). The predicted octanol–water partition coefficient (Wildman–Crippen LogP) is 1.75. The number of carbonyl (C=O) groups excluding carboxylic acids is 1. The van der Waals surface area contributed by atoms with Crippen molar-refractivity contribution in [2.24, 2.45) is 5.41 Å². The molecule has 9 nitrogen and oxygen atoms in total. The van der Waals surface area contributed by atoms with Gasteiger partial charge in [-0.15, -0.1) is 0 Å². The van der Waals surface area contributed by atoms with Crippen LogP contribution in [0.3, 0.4) is 0 Å². The van der Waals surface area contributed by atoms with Gasteiger partial charge in [0.15, 0.2) is 0 Å². The standard InChI is InChI=1S/C22H27N7O2/c30-21(18-11-24-29(13-18)20-5-2-1-3-6-20)28-8-4-7-22(16-28)15-27(9-10-31-17-22)14-19-12-23-26-25-19/h1-3,5-6,11-13H,4,7-10,14-17H2,(H,23,25,26)/t22-/m0/s1. The van der Waals surface area contributed by atoms with Crippen LogP contribution in [0.4, 0.5) is 0 Å². The van der Waals surface area contributed by atoms with Crippen molar-refractivity contribution in [3.05, 3.63) is 60.2 Å². The summed E-state index contributed by atoms with van der Waals surface area (Å²) >= 11 is 0. The number of likely N-dealkylation sites (tertiary alicyclic amines) is 1. The number of para-hydroxylation sites is 1. The molecule has 1 spiro atoms.